The van der Waals surface area contributed by atoms with Crippen molar-refractivity contribution in [2.24, 2.45) is 0 Å². The maximum atomic E-state index is 11.9. The van der Waals surface area contributed by atoms with Crippen LogP contribution >= 0.6 is 0 Å². The van der Waals surface area contributed by atoms with Crippen molar-refractivity contribution in [3.8, 4) is 0 Å². The van der Waals surface area contributed by atoms with Crippen molar-refractivity contribution in [2.45, 2.75) is 38.8 Å². The molecule has 0 aromatic rings. The van der Waals surface area contributed by atoms with Crippen LogP contribution in [-0.4, -0.2) is 71.1 Å². The number of carbonyl (C=O) groups is 4. The Morgan fingerprint density at radius 3 is 1.39 bits per heavy atom. The van der Waals surface area contributed by atoms with E-state index in [0.717, 1.165) is 9.80 Å². The summed E-state index contributed by atoms with van der Waals surface area (Å²) in [5, 5.41) is 5.15. The third kappa shape index (κ3) is 3.29. The Balaban J connectivity index is 1.73. The number of hydrogen-bond donors (Lipinski definition) is 2. The van der Waals surface area contributed by atoms with Crippen LogP contribution in [0.2, 0.25) is 0 Å². The third-order valence-corrected chi connectivity index (χ3v) is 3.81. The van der Waals surface area contributed by atoms with E-state index < -0.39 is 23.1 Å². The van der Waals surface area contributed by atoms with Crippen LogP contribution in [0.25, 0.3) is 0 Å². The summed E-state index contributed by atoms with van der Waals surface area (Å²) in [6.45, 7) is 7.06. The summed E-state index contributed by atoms with van der Waals surface area (Å²) >= 11 is 0. The molecule has 9 heteroatoms. The average Bonchev–Trinajstić information content (AvgIpc) is 2.73. The predicted molar refractivity (Wildman–Crippen MR) is 79.5 cm³/mol. The van der Waals surface area contributed by atoms with E-state index in [1.165, 1.54) is 0 Å². The fourth-order valence-electron chi connectivity index (χ4n) is 2.46. The minimum Gasteiger partial charge on any atom is -0.378 e. The number of imide groups is 2. The summed E-state index contributed by atoms with van der Waals surface area (Å²) in [7, 11) is 0. The van der Waals surface area contributed by atoms with Crippen LogP contribution in [0.5, 0.6) is 0 Å². The molecule has 0 spiro atoms. The molecule has 0 radical (unpaired) electrons. The molecule has 2 rings (SSSR count). The number of urea groups is 2. The zero-order chi connectivity index (χ0) is 17.4. The largest absolute Gasteiger partial charge is 0.378 e. The zero-order valence-corrected chi connectivity index (χ0v) is 13.8. The molecule has 0 atom stereocenters. The molecule has 0 bridgehead atoms. The molecule has 2 saturated heterocycles. The first kappa shape index (κ1) is 17.2. The summed E-state index contributed by atoms with van der Waals surface area (Å²) in [5.41, 5.74) is -1.80. The van der Waals surface area contributed by atoms with Crippen LogP contribution in [0.4, 0.5) is 9.59 Å². The molecule has 0 unspecified atom stereocenters. The van der Waals surface area contributed by atoms with Crippen molar-refractivity contribution in [2.75, 3.05) is 26.3 Å². The molecule has 2 N–H and O–H groups in total. The molecule has 2 fully saturated rings. The van der Waals surface area contributed by atoms with Gasteiger partial charge in [0.05, 0.1) is 26.3 Å². The van der Waals surface area contributed by atoms with Gasteiger partial charge in [-0.05, 0) is 27.7 Å². The van der Waals surface area contributed by atoms with Crippen molar-refractivity contribution in [1.29, 1.82) is 0 Å². The van der Waals surface area contributed by atoms with E-state index >= 15 is 0 Å². The number of nitrogens with one attached hydrogen (secondary N) is 2. The van der Waals surface area contributed by atoms with Gasteiger partial charge in [-0.15, -0.1) is 0 Å². The molecule has 128 valence electrons. The third-order valence-electron chi connectivity index (χ3n) is 3.81. The molecular formula is C14H22N4O5. The maximum Gasteiger partial charge on any atom is 0.325 e. The van der Waals surface area contributed by atoms with Gasteiger partial charge >= 0.3 is 12.1 Å². The van der Waals surface area contributed by atoms with Gasteiger partial charge in [-0.25, -0.2) is 9.59 Å². The van der Waals surface area contributed by atoms with Crippen molar-refractivity contribution < 1.29 is 23.9 Å². The van der Waals surface area contributed by atoms with Gasteiger partial charge in [0.1, 0.15) is 11.1 Å². The molecule has 6 amide bonds. The predicted octanol–water partition coefficient (Wildman–Crippen LogP) is -0.336. The Morgan fingerprint density at radius 2 is 1.13 bits per heavy atom. The molecule has 2 aliphatic heterocycles. The molecule has 23 heavy (non-hydrogen) atoms. The number of ether oxygens (including phenoxy) is 1. The highest BCUT2D eigenvalue weighted by Crippen LogP contribution is 2.17. The number of nitrogens with zero attached hydrogens (tertiary/aromatic N) is 2. The highest BCUT2D eigenvalue weighted by molar-refractivity contribution is 6.07. The Hall–Kier alpha value is -2.16. The van der Waals surface area contributed by atoms with Crippen LogP contribution < -0.4 is 10.6 Å². The van der Waals surface area contributed by atoms with Gasteiger partial charge in [0, 0.05) is 0 Å². The summed E-state index contributed by atoms with van der Waals surface area (Å²) in [6.07, 6.45) is 0. The van der Waals surface area contributed by atoms with Crippen LogP contribution in [0.15, 0.2) is 0 Å². The first-order valence-corrected chi connectivity index (χ1v) is 7.42. The smallest absolute Gasteiger partial charge is 0.325 e. The first-order valence-electron chi connectivity index (χ1n) is 7.42. The SMILES string of the molecule is CC1(C)NC(=O)N(CCOCCN2C(=O)NC(C)(C)C2=O)C1=O. The second-order valence-electron chi connectivity index (χ2n) is 6.64. The van der Waals surface area contributed by atoms with Gasteiger partial charge in [-0.3, -0.25) is 19.4 Å². The summed E-state index contributed by atoms with van der Waals surface area (Å²) in [6, 6.07) is -0.890. The van der Waals surface area contributed by atoms with Gasteiger partial charge in [0.25, 0.3) is 11.8 Å². The van der Waals surface area contributed by atoms with E-state index in [1.807, 2.05) is 0 Å². The summed E-state index contributed by atoms with van der Waals surface area (Å²) < 4.78 is 5.34. The highest BCUT2D eigenvalue weighted by Gasteiger charge is 2.45. The quantitative estimate of drug-likeness (QED) is 0.513. The van der Waals surface area contributed by atoms with Gasteiger partial charge in [0.2, 0.25) is 0 Å². The molecule has 2 heterocycles. The molecule has 0 saturated carbocycles. The molecule has 0 aliphatic carbocycles. The molecule has 0 aromatic carbocycles. The maximum absolute atomic E-state index is 11.9. The lowest BCUT2D eigenvalue weighted by Gasteiger charge is -2.17. The van der Waals surface area contributed by atoms with Gasteiger partial charge in [0.15, 0.2) is 0 Å². The highest BCUT2D eigenvalue weighted by atomic mass is 16.5. The monoisotopic (exact) mass is 326 g/mol. The minimum absolute atomic E-state index is 0.125. The van der Waals surface area contributed by atoms with E-state index in [-0.39, 0.29) is 38.1 Å². The molecule has 0 aromatic heterocycles. The Kier molecular flexibility index (Phi) is 4.34. The van der Waals surface area contributed by atoms with Crippen molar-refractivity contribution in [3.05, 3.63) is 0 Å². The minimum atomic E-state index is -0.900. The second-order valence-corrected chi connectivity index (χ2v) is 6.64. The van der Waals surface area contributed by atoms with Crippen molar-refractivity contribution in [3.63, 3.8) is 0 Å². The van der Waals surface area contributed by atoms with Gasteiger partial charge < -0.3 is 15.4 Å². The topological polar surface area (TPSA) is 108 Å². The van der Waals surface area contributed by atoms with Crippen LogP contribution in [0.1, 0.15) is 27.7 Å². The van der Waals surface area contributed by atoms with Crippen LogP contribution in [0.3, 0.4) is 0 Å². The molecular weight excluding hydrogens is 304 g/mol. The number of hydrogen-bond acceptors (Lipinski definition) is 5. The van der Waals surface area contributed by atoms with E-state index in [9.17, 15) is 19.2 Å². The summed E-state index contributed by atoms with van der Waals surface area (Å²) in [4.78, 5) is 49.4. The fourth-order valence-corrected chi connectivity index (χ4v) is 2.46. The normalized spacial score (nSPS) is 22.6. The summed E-state index contributed by atoms with van der Waals surface area (Å²) in [5.74, 6) is -0.608. The van der Waals surface area contributed by atoms with Crippen molar-refractivity contribution in [1.82, 2.24) is 20.4 Å². The lowest BCUT2D eigenvalue weighted by atomic mass is 10.1. The number of rotatable bonds is 6. The van der Waals surface area contributed by atoms with E-state index in [4.69, 9.17) is 4.74 Å². The Morgan fingerprint density at radius 1 is 0.783 bits per heavy atom. The average molecular weight is 326 g/mol. The number of amides is 6. The van der Waals surface area contributed by atoms with Gasteiger partial charge in [-0.2, -0.15) is 0 Å². The van der Waals surface area contributed by atoms with E-state index in [2.05, 4.69) is 10.6 Å². The molecule has 9 nitrogen and oxygen atoms in total. The molecule has 2 aliphatic rings. The van der Waals surface area contributed by atoms with Crippen LogP contribution in [0, 0.1) is 0 Å². The Labute approximate surface area is 134 Å². The fraction of sp³-hybridized carbons (Fsp3) is 0.714. The Bertz CT molecular complexity index is 509. The lowest BCUT2D eigenvalue weighted by Crippen LogP contribution is -2.41. The van der Waals surface area contributed by atoms with E-state index in [0.29, 0.717) is 0 Å². The first-order chi connectivity index (χ1) is 10.6. The van der Waals surface area contributed by atoms with Crippen molar-refractivity contribution >= 4 is 23.9 Å². The van der Waals surface area contributed by atoms with Gasteiger partial charge in [-0.1, -0.05) is 0 Å². The van der Waals surface area contributed by atoms with E-state index in [1.54, 1.807) is 27.7 Å². The standard InChI is InChI=1S/C14H22N4O5/c1-13(2)9(19)17(11(21)15-13)5-7-23-8-6-18-10(20)14(3,4)16-12(18)22/h5-8H2,1-4H3,(H,15,21)(H,16,22). The zero-order valence-electron chi connectivity index (χ0n) is 13.8. The second kappa shape index (κ2) is 5.80. The number of carbonyl (C=O) groups excluding carboxylic acids is 4. The lowest BCUT2D eigenvalue weighted by molar-refractivity contribution is -0.130. The van der Waals surface area contributed by atoms with Crippen LogP contribution in [-0.2, 0) is 14.3 Å².